The van der Waals surface area contributed by atoms with Gasteiger partial charge >= 0.3 is 0 Å². The van der Waals surface area contributed by atoms with Crippen molar-refractivity contribution in [1.29, 1.82) is 0 Å². The summed E-state index contributed by atoms with van der Waals surface area (Å²) >= 11 is 0. The Morgan fingerprint density at radius 1 is 1.45 bits per heavy atom. The molecule has 1 aliphatic rings. The van der Waals surface area contributed by atoms with Crippen LogP contribution >= 0.6 is 0 Å². The molecule has 0 saturated heterocycles. The fourth-order valence-corrected chi connectivity index (χ4v) is 2.81. The van der Waals surface area contributed by atoms with E-state index in [0.29, 0.717) is 6.61 Å². The average molecular weight is 278 g/mol. The summed E-state index contributed by atoms with van der Waals surface area (Å²) in [6.07, 6.45) is 2.95. The molecule has 1 atom stereocenters. The van der Waals surface area contributed by atoms with Gasteiger partial charge in [0.1, 0.15) is 5.75 Å². The zero-order valence-electron chi connectivity index (χ0n) is 12.7. The second-order valence-corrected chi connectivity index (χ2v) is 5.83. The average Bonchev–Trinajstić information content (AvgIpc) is 2.86. The Kier molecular flexibility index (Phi) is 5.02. The summed E-state index contributed by atoms with van der Waals surface area (Å²) in [6.45, 7) is 7.68. The number of hydrogen-bond acceptors (Lipinski definition) is 4. The highest BCUT2D eigenvalue weighted by atomic mass is 16.5. The second-order valence-electron chi connectivity index (χ2n) is 5.83. The molecule has 3 N–H and O–H groups in total. The highest BCUT2D eigenvalue weighted by molar-refractivity contribution is 5.39. The maximum absolute atomic E-state index is 5.78. The molecule has 4 nitrogen and oxygen atoms in total. The number of nitrogens with one attached hydrogen (secondary N) is 1. The minimum absolute atomic E-state index is 0.131. The van der Waals surface area contributed by atoms with Gasteiger partial charge in [0.15, 0.2) is 0 Å². The highest BCUT2D eigenvalue weighted by Gasteiger charge is 2.28. The Bertz CT molecular complexity index is 446. The van der Waals surface area contributed by atoms with Crippen LogP contribution in [-0.2, 0) is 17.6 Å². The lowest BCUT2D eigenvalue weighted by Crippen LogP contribution is -2.51. The lowest BCUT2D eigenvalue weighted by molar-refractivity contribution is -0.0400. The highest BCUT2D eigenvalue weighted by Crippen LogP contribution is 2.27. The molecule has 1 heterocycles. The molecule has 1 aliphatic heterocycles. The molecule has 0 radical (unpaired) electrons. The van der Waals surface area contributed by atoms with Gasteiger partial charge in [-0.05, 0) is 50.8 Å². The Morgan fingerprint density at radius 2 is 2.25 bits per heavy atom. The van der Waals surface area contributed by atoms with Crippen LogP contribution in [0.2, 0.25) is 0 Å². The molecule has 0 bridgehead atoms. The number of rotatable bonds is 7. The van der Waals surface area contributed by atoms with E-state index in [0.717, 1.165) is 31.6 Å². The molecule has 1 aromatic rings. The SMILES string of the molecule is CCOC(C)(C)C(CCc1ccc2c(c1)CCO2)NN. The van der Waals surface area contributed by atoms with E-state index < -0.39 is 0 Å². The number of nitrogens with two attached hydrogens (primary N) is 1. The van der Waals surface area contributed by atoms with E-state index >= 15 is 0 Å². The lowest BCUT2D eigenvalue weighted by atomic mass is 9.92. The maximum atomic E-state index is 5.78. The first-order chi connectivity index (χ1) is 9.56. The second kappa shape index (κ2) is 6.57. The maximum Gasteiger partial charge on any atom is 0.122 e. The minimum atomic E-state index is -0.261. The Balaban J connectivity index is 1.96. The predicted octanol–water partition coefficient (Wildman–Crippen LogP) is 2.20. The van der Waals surface area contributed by atoms with Gasteiger partial charge < -0.3 is 9.47 Å². The van der Waals surface area contributed by atoms with Crippen LogP contribution in [0.3, 0.4) is 0 Å². The zero-order valence-corrected chi connectivity index (χ0v) is 12.7. The third-order valence-corrected chi connectivity index (χ3v) is 4.03. The molecule has 112 valence electrons. The van der Waals surface area contributed by atoms with E-state index in [1.54, 1.807) is 0 Å². The smallest absolute Gasteiger partial charge is 0.122 e. The third kappa shape index (κ3) is 3.51. The Morgan fingerprint density at radius 3 is 2.95 bits per heavy atom. The van der Waals surface area contributed by atoms with Gasteiger partial charge in [0.2, 0.25) is 0 Å². The molecule has 0 fully saturated rings. The number of benzene rings is 1. The number of ether oxygens (including phenoxy) is 2. The molecule has 20 heavy (non-hydrogen) atoms. The predicted molar refractivity (Wildman–Crippen MR) is 80.8 cm³/mol. The number of hydrazine groups is 1. The van der Waals surface area contributed by atoms with Gasteiger partial charge in [-0.1, -0.05) is 12.1 Å². The van der Waals surface area contributed by atoms with Gasteiger partial charge in [-0.2, -0.15) is 0 Å². The van der Waals surface area contributed by atoms with Crippen molar-refractivity contribution in [2.75, 3.05) is 13.2 Å². The molecule has 1 aromatic carbocycles. The van der Waals surface area contributed by atoms with Crippen molar-refractivity contribution in [2.45, 2.75) is 51.7 Å². The van der Waals surface area contributed by atoms with Crippen LogP contribution in [0.1, 0.15) is 38.3 Å². The monoisotopic (exact) mass is 278 g/mol. The fourth-order valence-electron chi connectivity index (χ4n) is 2.81. The van der Waals surface area contributed by atoms with Crippen LogP contribution in [0.4, 0.5) is 0 Å². The van der Waals surface area contributed by atoms with E-state index in [9.17, 15) is 0 Å². The van der Waals surface area contributed by atoms with E-state index in [1.807, 2.05) is 6.92 Å². The summed E-state index contributed by atoms with van der Waals surface area (Å²) in [5, 5.41) is 0. The van der Waals surface area contributed by atoms with Crippen molar-refractivity contribution in [3.63, 3.8) is 0 Å². The van der Waals surface area contributed by atoms with Crippen molar-refractivity contribution >= 4 is 0 Å². The van der Waals surface area contributed by atoms with Crippen LogP contribution in [0, 0.1) is 0 Å². The minimum Gasteiger partial charge on any atom is -0.493 e. The van der Waals surface area contributed by atoms with Crippen LogP contribution in [-0.4, -0.2) is 24.9 Å². The summed E-state index contributed by atoms with van der Waals surface area (Å²) in [5.41, 5.74) is 5.30. The van der Waals surface area contributed by atoms with E-state index in [2.05, 4.69) is 37.5 Å². The molecular weight excluding hydrogens is 252 g/mol. The van der Waals surface area contributed by atoms with Crippen molar-refractivity contribution in [3.8, 4) is 5.75 Å². The summed E-state index contributed by atoms with van der Waals surface area (Å²) in [4.78, 5) is 0. The Hall–Kier alpha value is -1.10. The standard InChI is InChI=1S/C16H26N2O2/c1-4-20-16(2,3)15(18-17)8-6-12-5-7-14-13(11-12)9-10-19-14/h5,7,11,15,18H,4,6,8-10,17H2,1-3H3. The van der Waals surface area contributed by atoms with Gasteiger partial charge in [0.05, 0.1) is 12.2 Å². The van der Waals surface area contributed by atoms with Gasteiger partial charge in [-0.3, -0.25) is 11.3 Å². The van der Waals surface area contributed by atoms with Crippen LogP contribution in [0.15, 0.2) is 18.2 Å². The molecule has 0 spiro atoms. The van der Waals surface area contributed by atoms with Crippen LogP contribution in [0.5, 0.6) is 5.75 Å². The van der Waals surface area contributed by atoms with E-state index in [4.69, 9.17) is 15.3 Å². The normalized spacial score (nSPS) is 15.8. The third-order valence-electron chi connectivity index (χ3n) is 4.03. The first kappa shape index (κ1) is 15.3. The van der Waals surface area contributed by atoms with Gasteiger partial charge in [0, 0.05) is 19.1 Å². The number of hydrogen-bond donors (Lipinski definition) is 2. The summed E-state index contributed by atoms with van der Waals surface area (Å²) < 4.78 is 11.3. The Labute approximate surface area is 121 Å². The zero-order chi connectivity index (χ0) is 14.6. The fraction of sp³-hybridized carbons (Fsp3) is 0.625. The first-order valence-electron chi connectivity index (χ1n) is 7.41. The molecule has 4 heteroatoms. The topological polar surface area (TPSA) is 56.5 Å². The van der Waals surface area contributed by atoms with Crippen molar-refractivity contribution in [2.24, 2.45) is 5.84 Å². The molecule has 0 amide bonds. The van der Waals surface area contributed by atoms with Gasteiger partial charge in [-0.25, -0.2) is 0 Å². The molecule has 2 rings (SSSR count). The lowest BCUT2D eigenvalue weighted by Gasteiger charge is -2.33. The number of fused-ring (bicyclic) bond motifs is 1. The van der Waals surface area contributed by atoms with Crippen LogP contribution < -0.4 is 16.0 Å². The van der Waals surface area contributed by atoms with E-state index in [1.165, 1.54) is 11.1 Å². The first-order valence-corrected chi connectivity index (χ1v) is 7.41. The number of aryl methyl sites for hydroxylation is 1. The van der Waals surface area contributed by atoms with E-state index in [-0.39, 0.29) is 11.6 Å². The summed E-state index contributed by atoms with van der Waals surface area (Å²) in [7, 11) is 0. The summed E-state index contributed by atoms with van der Waals surface area (Å²) in [5.74, 6) is 6.73. The molecule has 1 unspecified atom stereocenters. The van der Waals surface area contributed by atoms with Crippen molar-refractivity contribution < 1.29 is 9.47 Å². The molecule has 0 saturated carbocycles. The summed E-state index contributed by atoms with van der Waals surface area (Å²) in [6, 6.07) is 6.61. The molecule has 0 aliphatic carbocycles. The van der Waals surface area contributed by atoms with Crippen LogP contribution in [0.25, 0.3) is 0 Å². The van der Waals surface area contributed by atoms with Gasteiger partial charge in [0.25, 0.3) is 0 Å². The molecule has 0 aromatic heterocycles. The van der Waals surface area contributed by atoms with Gasteiger partial charge in [-0.15, -0.1) is 0 Å². The van der Waals surface area contributed by atoms with Crippen molar-refractivity contribution in [3.05, 3.63) is 29.3 Å². The quantitative estimate of drug-likeness (QED) is 0.593. The molecular formula is C16H26N2O2. The van der Waals surface area contributed by atoms with Crippen molar-refractivity contribution in [1.82, 2.24) is 5.43 Å². The largest absolute Gasteiger partial charge is 0.493 e.